The van der Waals surface area contributed by atoms with E-state index in [1.807, 2.05) is 27.7 Å². The van der Waals surface area contributed by atoms with Gasteiger partial charge >= 0.3 is 0 Å². The van der Waals surface area contributed by atoms with Crippen LogP contribution in [0.5, 0.6) is 0 Å². The number of hydrogen-bond acceptors (Lipinski definition) is 4. The van der Waals surface area contributed by atoms with Gasteiger partial charge in [-0.15, -0.1) is 0 Å². The summed E-state index contributed by atoms with van der Waals surface area (Å²) >= 11 is 12.9. The summed E-state index contributed by atoms with van der Waals surface area (Å²) in [5, 5.41) is 3.59. The highest BCUT2D eigenvalue weighted by atomic mass is 35.5. The first-order chi connectivity index (χ1) is 19.3. The van der Waals surface area contributed by atoms with Crippen LogP contribution < -0.4 is 9.62 Å². The van der Waals surface area contributed by atoms with Crippen LogP contribution in [0.2, 0.25) is 10.0 Å². The van der Waals surface area contributed by atoms with Crippen LogP contribution in [0.25, 0.3) is 0 Å². The van der Waals surface area contributed by atoms with E-state index in [1.54, 1.807) is 61.5 Å². The van der Waals surface area contributed by atoms with Crippen LogP contribution in [-0.4, -0.2) is 44.3 Å². The number of rotatable bonds is 12. The lowest BCUT2D eigenvalue weighted by molar-refractivity contribution is -0.140. The summed E-state index contributed by atoms with van der Waals surface area (Å²) in [5.74, 6) is -0.694. The normalized spacial score (nSPS) is 12.2. The Kier molecular flexibility index (Phi) is 11.2. The largest absolute Gasteiger partial charge is 0.354 e. The fourth-order valence-electron chi connectivity index (χ4n) is 4.27. The van der Waals surface area contributed by atoms with Crippen LogP contribution in [0.4, 0.5) is 5.69 Å². The molecule has 0 bridgehead atoms. The van der Waals surface area contributed by atoms with Gasteiger partial charge in [-0.2, -0.15) is 0 Å². The Morgan fingerprint density at radius 1 is 0.878 bits per heavy atom. The summed E-state index contributed by atoms with van der Waals surface area (Å²) in [6, 6.07) is 17.5. The van der Waals surface area contributed by atoms with Gasteiger partial charge in [0.25, 0.3) is 10.0 Å². The Hall–Kier alpha value is -3.07. The standard InChI is InChI=1S/C31H37Cl2N3O4S/c1-6-29(31(38)34-18-21(2)3)35(19-26-27(32)8-7-9-28(26)33)30(37)20-36(24-14-10-22(4)11-15-24)41(39,40)25-16-12-23(5)13-17-25/h7-17,21,29H,6,18-20H2,1-5H3,(H,34,38). The van der Waals surface area contributed by atoms with Crippen molar-refractivity contribution in [2.45, 2.75) is 58.5 Å². The number of amides is 2. The van der Waals surface area contributed by atoms with Crippen molar-refractivity contribution in [3.05, 3.63) is 93.5 Å². The molecule has 3 rings (SSSR count). The number of sulfonamides is 1. The summed E-state index contributed by atoms with van der Waals surface area (Å²) in [6.45, 7) is 9.34. The molecule has 0 radical (unpaired) electrons. The number of carbonyl (C=O) groups excluding carboxylic acids is 2. The molecule has 2 amide bonds. The van der Waals surface area contributed by atoms with Crippen LogP contribution in [0.15, 0.2) is 71.6 Å². The summed E-state index contributed by atoms with van der Waals surface area (Å²) in [5.41, 5.74) is 2.65. The molecule has 220 valence electrons. The molecule has 10 heteroatoms. The lowest BCUT2D eigenvalue weighted by Crippen LogP contribution is -2.52. The Morgan fingerprint density at radius 3 is 1.93 bits per heavy atom. The van der Waals surface area contributed by atoms with Gasteiger partial charge in [-0.1, -0.05) is 85.4 Å². The van der Waals surface area contributed by atoms with Gasteiger partial charge in [0.1, 0.15) is 12.6 Å². The lowest BCUT2D eigenvalue weighted by Gasteiger charge is -2.33. The van der Waals surface area contributed by atoms with Crippen molar-refractivity contribution >= 4 is 50.7 Å². The number of nitrogens with zero attached hydrogens (tertiary/aromatic N) is 2. The molecule has 41 heavy (non-hydrogen) atoms. The molecule has 0 saturated heterocycles. The van der Waals surface area contributed by atoms with Gasteiger partial charge < -0.3 is 10.2 Å². The number of anilines is 1. The van der Waals surface area contributed by atoms with Crippen LogP contribution in [0.3, 0.4) is 0 Å². The Morgan fingerprint density at radius 2 is 1.41 bits per heavy atom. The molecule has 0 fully saturated rings. The van der Waals surface area contributed by atoms with Crippen LogP contribution in [0.1, 0.15) is 43.9 Å². The first kappa shape index (κ1) is 32.4. The number of nitrogens with one attached hydrogen (secondary N) is 1. The predicted molar refractivity (Wildman–Crippen MR) is 166 cm³/mol. The second kappa shape index (κ2) is 14.2. The van der Waals surface area contributed by atoms with Gasteiger partial charge in [0, 0.05) is 28.7 Å². The number of halogens is 2. The highest BCUT2D eigenvalue weighted by Crippen LogP contribution is 2.29. The second-order valence-corrected chi connectivity index (χ2v) is 13.1. The van der Waals surface area contributed by atoms with Crippen molar-refractivity contribution in [3.63, 3.8) is 0 Å². The van der Waals surface area contributed by atoms with Crippen molar-refractivity contribution in [3.8, 4) is 0 Å². The van der Waals surface area contributed by atoms with Gasteiger partial charge in [0.05, 0.1) is 10.6 Å². The van der Waals surface area contributed by atoms with E-state index in [2.05, 4.69) is 5.32 Å². The first-order valence-corrected chi connectivity index (χ1v) is 15.7. The molecule has 0 spiro atoms. The molecule has 3 aromatic carbocycles. The molecule has 3 aromatic rings. The Balaban J connectivity index is 2.08. The number of carbonyl (C=O) groups is 2. The van der Waals surface area contributed by atoms with Gasteiger partial charge in [0.15, 0.2) is 0 Å². The lowest BCUT2D eigenvalue weighted by atomic mass is 10.1. The number of benzene rings is 3. The number of aryl methyl sites for hydroxylation is 2. The third kappa shape index (κ3) is 8.24. The molecule has 1 N–H and O–H groups in total. The third-order valence-corrected chi connectivity index (χ3v) is 9.17. The van der Waals surface area contributed by atoms with Crippen molar-refractivity contribution in [1.29, 1.82) is 0 Å². The van der Waals surface area contributed by atoms with Crippen LogP contribution in [0, 0.1) is 19.8 Å². The topological polar surface area (TPSA) is 86.8 Å². The molecule has 7 nitrogen and oxygen atoms in total. The smallest absolute Gasteiger partial charge is 0.264 e. The third-order valence-electron chi connectivity index (χ3n) is 6.67. The van der Waals surface area contributed by atoms with Gasteiger partial charge in [-0.05, 0) is 62.6 Å². The van der Waals surface area contributed by atoms with Gasteiger partial charge in [0.2, 0.25) is 11.8 Å². The Bertz CT molecular complexity index is 1440. The maximum Gasteiger partial charge on any atom is 0.264 e. The summed E-state index contributed by atoms with van der Waals surface area (Å²) < 4.78 is 29.0. The minimum Gasteiger partial charge on any atom is -0.354 e. The highest BCUT2D eigenvalue weighted by Gasteiger charge is 2.34. The minimum absolute atomic E-state index is 0.0545. The zero-order valence-electron chi connectivity index (χ0n) is 24.0. The molecule has 0 aliphatic carbocycles. The fourth-order valence-corrected chi connectivity index (χ4v) is 6.20. The molecule has 1 atom stereocenters. The summed E-state index contributed by atoms with van der Waals surface area (Å²) in [7, 11) is -4.14. The minimum atomic E-state index is -4.14. The van der Waals surface area contributed by atoms with Gasteiger partial charge in [-0.3, -0.25) is 13.9 Å². The average molecular weight is 619 g/mol. The van der Waals surface area contributed by atoms with E-state index in [1.165, 1.54) is 17.0 Å². The van der Waals surface area contributed by atoms with Crippen molar-refractivity contribution < 1.29 is 18.0 Å². The van der Waals surface area contributed by atoms with E-state index in [9.17, 15) is 18.0 Å². The van der Waals surface area contributed by atoms with Crippen LogP contribution in [-0.2, 0) is 26.2 Å². The molecule has 0 saturated carbocycles. The van der Waals surface area contributed by atoms with Crippen molar-refractivity contribution in [2.75, 3.05) is 17.4 Å². The summed E-state index contributed by atoms with van der Waals surface area (Å²) in [6.07, 6.45) is 0.299. The molecule has 0 aromatic heterocycles. The molecule has 0 heterocycles. The molecular formula is C31H37Cl2N3O4S. The zero-order chi connectivity index (χ0) is 30.3. The van der Waals surface area contributed by atoms with E-state index < -0.39 is 28.5 Å². The molecule has 1 unspecified atom stereocenters. The van der Waals surface area contributed by atoms with E-state index in [4.69, 9.17) is 23.2 Å². The second-order valence-electron chi connectivity index (χ2n) is 10.4. The monoisotopic (exact) mass is 617 g/mol. The maximum absolute atomic E-state index is 14.1. The Labute approximate surface area is 253 Å². The maximum atomic E-state index is 14.1. The van der Waals surface area contributed by atoms with Gasteiger partial charge in [-0.25, -0.2) is 8.42 Å². The van der Waals surface area contributed by atoms with Crippen molar-refractivity contribution in [1.82, 2.24) is 10.2 Å². The van der Waals surface area contributed by atoms with E-state index in [0.717, 1.165) is 15.4 Å². The van der Waals surface area contributed by atoms with E-state index >= 15 is 0 Å². The zero-order valence-corrected chi connectivity index (χ0v) is 26.4. The highest BCUT2D eigenvalue weighted by molar-refractivity contribution is 7.92. The van der Waals surface area contributed by atoms with Crippen molar-refractivity contribution in [2.24, 2.45) is 5.92 Å². The van der Waals surface area contributed by atoms with E-state index in [0.29, 0.717) is 34.3 Å². The molecular weight excluding hydrogens is 581 g/mol. The first-order valence-electron chi connectivity index (χ1n) is 13.5. The average Bonchev–Trinajstić information content (AvgIpc) is 2.92. The summed E-state index contributed by atoms with van der Waals surface area (Å²) in [4.78, 5) is 28.9. The molecule has 0 aliphatic rings. The molecule has 0 aliphatic heterocycles. The van der Waals surface area contributed by atoms with Crippen LogP contribution >= 0.6 is 23.2 Å². The van der Waals surface area contributed by atoms with E-state index in [-0.39, 0.29) is 23.3 Å². The predicted octanol–water partition coefficient (Wildman–Crippen LogP) is 6.39. The fraction of sp³-hybridized carbons (Fsp3) is 0.355. The SMILES string of the molecule is CCC(C(=O)NCC(C)C)N(Cc1c(Cl)cccc1Cl)C(=O)CN(c1ccc(C)cc1)S(=O)(=O)c1ccc(C)cc1. The number of hydrogen-bond donors (Lipinski definition) is 1. The quantitative estimate of drug-likeness (QED) is 0.255.